The lowest BCUT2D eigenvalue weighted by atomic mass is 10.3. The van der Waals surface area contributed by atoms with Gasteiger partial charge in [0.05, 0.1) is 6.20 Å². The number of hydrogen-bond donors (Lipinski definition) is 1. The van der Waals surface area contributed by atoms with Crippen LogP contribution in [0.3, 0.4) is 0 Å². The maximum absolute atomic E-state index is 3.42. The minimum absolute atomic E-state index is 1.02. The van der Waals surface area contributed by atoms with E-state index in [-0.39, 0.29) is 0 Å². The third-order valence-corrected chi connectivity index (χ3v) is 1.01. The lowest BCUT2D eigenvalue weighted by Gasteiger charge is -1.94. The van der Waals surface area contributed by atoms with Crippen molar-refractivity contribution in [3.63, 3.8) is 0 Å². The lowest BCUT2D eigenvalue weighted by Crippen LogP contribution is -1.83. The molecule has 1 aromatic carbocycles. The highest BCUT2D eigenvalue weighted by atomic mass is 14.8. The third kappa shape index (κ3) is 1.61. The standard InChI is InChI=1S/C8H8N/c1-2-9-8-6-4-3-5-7-8/h3-7,9H,1H2. The molecule has 1 nitrogen and oxygen atoms in total. The van der Waals surface area contributed by atoms with E-state index in [4.69, 9.17) is 0 Å². The second kappa shape index (κ2) is 2.92. The monoisotopic (exact) mass is 118 g/mol. The Morgan fingerprint density at radius 3 is 2.44 bits per heavy atom. The zero-order chi connectivity index (χ0) is 6.53. The molecule has 0 aliphatic heterocycles. The summed E-state index contributed by atoms with van der Waals surface area (Å²) < 4.78 is 0. The molecule has 1 radical (unpaired) electrons. The van der Waals surface area contributed by atoms with Gasteiger partial charge in [-0.25, -0.2) is 0 Å². The van der Waals surface area contributed by atoms with Gasteiger partial charge in [-0.1, -0.05) is 24.8 Å². The summed E-state index contributed by atoms with van der Waals surface area (Å²) in [5, 5.41) is 2.85. The van der Waals surface area contributed by atoms with Crippen molar-refractivity contribution in [2.45, 2.75) is 0 Å². The Hall–Kier alpha value is -1.24. The Morgan fingerprint density at radius 1 is 1.22 bits per heavy atom. The number of para-hydroxylation sites is 1. The van der Waals surface area contributed by atoms with E-state index in [2.05, 4.69) is 18.1 Å². The largest absolute Gasteiger partial charge is 0.354 e. The van der Waals surface area contributed by atoms with Gasteiger partial charge in [0.25, 0.3) is 0 Å². The zero-order valence-electron chi connectivity index (χ0n) is 5.09. The summed E-state index contributed by atoms with van der Waals surface area (Å²) in [5.41, 5.74) is 1.02. The summed E-state index contributed by atoms with van der Waals surface area (Å²) in [6.45, 7) is 3.42. The van der Waals surface area contributed by atoms with Crippen LogP contribution in [0.4, 0.5) is 5.69 Å². The fourth-order valence-corrected chi connectivity index (χ4v) is 0.624. The SMILES string of the molecule is C=[C]Nc1ccccc1. The van der Waals surface area contributed by atoms with Gasteiger partial charge >= 0.3 is 0 Å². The average Bonchev–Trinajstić information content (AvgIpc) is 1.91. The second-order valence-corrected chi connectivity index (χ2v) is 1.67. The number of rotatable bonds is 2. The number of anilines is 1. The van der Waals surface area contributed by atoms with Crippen molar-refractivity contribution < 1.29 is 0 Å². The van der Waals surface area contributed by atoms with Gasteiger partial charge in [-0.3, -0.25) is 0 Å². The average molecular weight is 118 g/mol. The maximum Gasteiger partial charge on any atom is 0.0544 e. The van der Waals surface area contributed by atoms with Crippen molar-refractivity contribution >= 4 is 5.69 Å². The van der Waals surface area contributed by atoms with Crippen LogP contribution in [0.25, 0.3) is 0 Å². The molecule has 0 spiro atoms. The van der Waals surface area contributed by atoms with Crippen LogP contribution in [0.1, 0.15) is 0 Å². The highest BCUT2D eigenvalue weighted by molar-refractivity contribution is 5.43. The molecule has 1 rings (SSSR count). The molecule has 45 valence electrons. The van der Waals surface area contributed by atoms with Gasteiger partial charge in [-0.05, 0) is 12.1 Å². The van der Waals surface area contributed by atoms with Crippen LogP contribution in [0, 0.1) is 6.20 Å². The highest BCUT2D eigenvalue weighted by Gasteiger charge is 1.80. The molecule has 0 saturated carbocycles. The summed E-state index contributed by atoms with van der Waals surface area (Å²) in [6.07, 6.45) is 2.58. The lowest BCUT2D eigenvalue weighted by molar-refractivity contribution is 1.56. The van der Waals surface area contributed by atoms with E-state index >= 15 is 0 Å². The molecule has 0 saturated heterocycles. The van der Waals surface area contributed by atoms with Crippen LogP contribution in [0.15, 0.2) is 36.9 Å². The molecule has 0 fully saturated rings. The Balaban J connectivity index is 2.72. The van der Waals surface area contributed by atoms with Crippen molar-refractivity contribution in [1.29, 1.82) is 0 Å². The Bertz CT molecular complexity index is 179. The molecule has 1 heteroatoms. The van der Waals surface area contributed by atoms with Crippen molar-refractivity contribution in [3.8, 4) is 0 Å². The summed E-state index contributed by atoms with van der Waals surface area (Å²) in [4.78, 5) is 0. The summed E-state index contributed by atoms with van der Waals surface area (Å²) in [5.74, 6) is 0. The van der Waals surface area contributed by atoms with E-state index in [0.29, 0.717) is 0 Å². The fraction of sp³-hybridized carbons (Fsp3) is 0. The highest BCUT2D eigenvalue weighted by Crippen LogP contribution is 2.02. The first-order valence-corrected chi connectivity index (χ1v) is 2.76. The smallest absolute Gasteiger partial charge is 0.0544 e. The van der Waals surface area contributed by atoms with Crippen molar-refractivity contribution in [1.82, 2.24) is 0 Å². The molecule has 0 bridgehead atoms. The van der Waals surface area contributed by atoms with Crippen molar-refractivity contribution in [2.75, 3.05) is 5.32 Å². The van der Waals surface area contributed by atoms with Crippen LogP contribution in [0.2, 0.25) is 0 Å². The molecule has 1 N–H and O–H groups in total. The molecule has 9 heavy (non-hydrogen) atoms. The number of hydrogen-bond acceptors (Lipinski definition) is 1. The Morgan fingerprint density at radius 2 is 1.89 bits per heavy atom. The minimum atomic E-state index is 1.02. The van der Waals surface area contributed by atoms with Crippen LogP contribution in [-0.2, 0) is 0 Å². The minimum Gasteiger partial charge on any atom is -0.354 e. The van der Waals surface area contributed by atoms with E-state index in [0.717, 1.165) is 5.69 Å². The molecule has 0 unspecified atom stereocenters. The molecular weight excluding hydrogens is 110 g/mol. The first kappa shape index (κ1) is 5.89. The number of benzene rings is 1. The summed E-state index contributed by atoms with van der Waals surface area (Å²) >= 11 is 0. The predicted molar refractivity (Wildman–Crippen MR) is 38.9 cm³/mol. The zero-order valence-corrected chi connectivity index (χ0v) is 5.09. The van der Waals surface area contributed by atoms with E-state index < -0.39 is 0 Å². The van der Waals surface area contributed by atoms with Gasteiger partial charge in [-0.15, -0.1) is 0 Å². The number of nitrogens with one attached hydrogen (secondary N) is 1. The normalized spacial score (nSPS) is 8.44. The van der Waals surface area contributed by atoms with Gasteiger partial charge in [-0.2, -0.15) is 0 Å². The van der Waals surface area contributed by atoms with Gasteiger partial charge in [0.1, 0.15) is 0 Å². The molecule has 0 amide bonds. The third-order valence-electron chi connectivity index (χ3n) is 1.01. The molecule has 0 aliphatic carbocycles. The van der Waals surface area contributed by atoms with Crippen molar-refractivity contribution in [3.05, 3.63) is 43.1 Å². The van der Waals surface area contributed by atoms with Gasteiger partial charge < -0.3 is 5.32 Å². The molecular formula is C8H8N. The molecule has 0 heterocycles. The first-order chi connectivity index (χ1) is 4.43. The second-order valence-electron chi connectivity index (χ2n) is 1.67. The van der Waals surface area contributed by atoms with E-state index in [1.807, 2.05) is 30.3 Å². The maximum atomic E-state index is 3.42. The Kier molecular flexibility index (Phi) is 1.91. The molecule has 0 aromatic heterocycles. The predicted octanol–water partition coefficient (Wildman–Crippen LogP) is 2.05. The van der Waals surface area contributed by atoms with Crippen LogP contribution >= 0.6 is 0 Å². The first-order valence-electron chi connectivity index (χ1n) is 2.76. The van der Waals surface area contributed by atoms with Crippen LogP contribution in [0.5, 0.6) is 0 Å². The summed E-state index contributed by atoms with van der Waals surface area (Å²) in [6, 6.07) is 9.80. The molecule has 0 atom stereocenters. The van der Waals surface area contributed by atoms with Gasteiger partial charge in [0.15, 0.2) is 0 Å². The molecule has 0 aliphatic rings. The van der Waals surface area contributed by atoms with Crippen LogP contribution < -0.4 is 5.32 Å². The Labute approximate surface area is 55.0 Å². The van der Waals surface area contributed by atoms with E-state index in [1.165, 1.54) is 0 Å². The molecule has 1 aromatic rings. The fourth-order valence-electron chi connectivity index (χ4n) is 0.624. The van der Waals surface area contributed by atoms with Crippen LogP contribution in [-0.4, -0.2) is 0 Å². The quantitative estimate of drug-likeness (QED) is 0.586. The topological polar surface area (TPSA) is 12.0 Å². The van der Waals surface area contributed by atoms with Crippen molar-refractivity contribution in [2.24, 2.45) is 0 Å². The summed E-state index contributed by atoms with van der Waals surface area (Å²) in [7, 11) is 0. The van der Waals surface area contributed by atoms with Gasteiger partial charge in [0, 0.05) is 5.69 Å². The van der Waals surface area contributed by atoms with E-state index in [1.54, 1.807) is 0 Å². The van der Waals surface area contributed by atoms with Gasteiger partial charge in [0.2, 0.25) is 0 Å². The van der Waals surface area contributed by atoms with E-state index in [9.17, 15) is 0 Å².